The average molecular weight is 173 g/mol. The Bertz CT molecular complexity index is 11.6. The molecule has 0 unspecified atom stereocenters. The van der Waals surface area contributed by atoms with Crippen LogP contribution in [-0.4, -0.2) is 6.61 Å². The zero-order valence-electron chi connectivity index (χ0n) is 3.02. The van der Waals surface area contributed by atoms with Crippen LogP contribution in [0.5, 0.6) is 0 Å². The third kappa shape index (κ3) is 11.1. The van der Waals surface area contributed by atoms with Gasteiger partial charge in [-0.15, -0.1) is 12.4 Å². The Kier molecular flexibility index (Phi) is 16.9. The first-order chi connectivity index (χ1) is 1.91. The maximum atomic E-state index is 4.63. The largest absolute Gasteiger partial charge is 0.147 e. The maximum absolute atomic E-state index is 4.63. The summed E-state index contributed by atoms with van der Waals surface area (Å²) in [4.78, 5) is 0. The molecule has 0 aromatic rings. The van der Waals surface area contributed by atoms with Gasteiger partial charge in [0.25, 0.3) is 0 Å². The topological polar surface area (TPSA) is 9.23 Å². The van der Waals surface area contributed by atoms with Crippen LogP contribution in [0.2, 0.25) is 0 Å². The maximum Gasteiger partial charge on any atom is -0.147 e. The van der Waals surface area contributed by atoms with E-state index >= 15 is 0 Å². The molecule has 0 spiro atoms. The summed E-state index contributed by atoms with van der Waals surface area (Å²) in [5, 5.41) is 0. The Labute approximate surface area is 54.0 Å². The van der Waals surface area contributed by atoms with E-state index in [-0.39, 0.29) is 12.4 Å². The molecule has 0 amide bonds. The molecule has 0 heterocycles. The smallest absolute Gasteiger partial charge is 0.147 e. The van der Waals surface area contributed by atoms with Gasteiger partial charge in [0.2, 0.25) is 0 Å². The summed E-state index contributed by atoms with van der Waals surface area (Å²) in [5.74, 6) is 0. The van der Waals surface area contributed by atoms with Crippen molar-refractivity contribution in [2.45, 2.75) is 6.92 Å². The van der Waals surface area contributed by atoms with Gasteiger partial charge in [-0.3, -0.25) is 0 Å². The Morgan fingerprint density at radius 3 is 2.00 bits per heavy atom. The zero-order valence-corrected chi connectivity index (χ0v) is 6.30. The summed E-state index contributed by atoms with van der Waals surface area (Å²) in [6.45, 7) is 2.84. The molecule has 0 aromatic heterocycles. The molecule has 0 radical (unpaired) electrons. The summed E-state index contributed by atoms with van der Waals surface area (Å²) in [5.41, 5.74) is 0. The monoisotopic (exact) mass is 171 g/mol. The van der Waals surface area contributed by atoms with Crippen LogP contribution in [0.3, 0.4) is 0 Å². The van der Waals surface area contributed by atoms with Crippen molar-refractivity contribution in [1.29, 1.82) is 0 Å². The van der Waals surface area contributed by atoms with Crippen molar-refractivity contribution >= 4 is 12.4 Å². The quantitative estimate of drug-likeness (QED) is 0.572. The molecular weight excluding hydrogens is 167 g/mol. The SMILES string of the molecule is CC[O][Zr].Cl. The fourth-order valence-electron chi connectivity index (χ4n) is 0. The van der Waals surface area contributed by atoms with Gasteiger partial charge in [-0.05, 0) is 0 Å². The molecule has 3 heteroatoms. The molecule has 0 rings (SSSR count). The summed E-state index contributed by atoms with van der Waals surface area (Å²) in [6.07, 6.45) is 0. The van der Waals surface area contributed by atoms with Crippen LogP contribution >= 0.6 is 12.4 Å². The number of hydrogen-bond donors (Lipinski definition) is 0. The predicted molar refractivity (Wildman–Crippen MR) is 18.9 cm³/mol. The van der Waals surface area contributed by atoms with Crippen molar-refractivity contribution in [3.8, 4) is 0 Å². The van der Waals surface area contributed by atoms with Crippen molar-refractivity contribution in [3.05, 3.63) is 0 Å². The Morgan fingerprint density at radius 2 is 2.00 bits per heavy atom. The van der Waals surface area contributed by atoms with E-state index in [1.165, 1.54) is 25.2 Å². The third-order valence-electron chi connectivity index (χ3n) is 0.144. The first kappa shape index (κ1) is 9.46. The molecule has 0 aromatic carbocycles. The van der Waals surface area contributed by atoms with Crippen molar-refractivity contribution < 1.29 is 28.0 Å². The minimum absolute atomic E-state index is 0. The van der Waals surface area contributed by atoms with Crippen LogP contribution < -0.4 is 0 Å². The van der Waals surface area contributed by atoms with E-state index in [1.54, 1.807) is 0 Å². The van der Waals surface area contributed by atoms with Gasteiger partial charge in [-0.2, -0.15) is 0 Å². The van der Waals surface area contributed by atoms with Crippen LogP contribution in [-0.2, 0) is 28.0 Å². The average Bonchev–Trinajstić information content (AvgIpc) is 1.37. The molecule has 0 N–H and O–H groups in total. The van der Waals surface area contributed by atoms with Gasteiger partial charge in [0, 0.05) is 0 Å². The third-order valence-corrected chi connectivity index (χ3v) is 0.854. The normalized spacial score (nSPS) is 5.60. The first-order valence-corrected chi connectivity index (χ1v) is 2.20. The van der Waals surface area contributed by atoms with E-state index in [2.05, 4.69) is 2.81 Å². The second kappa shape index (κ2) is 8.93. The van der Waals surface area contributed by atoms with E-state index in [0.717, 1.165) is 6.61 Å². The van der Waals surface area contributed by atoms with Crippen molar-refractivity contribution in [3.63, 3.8) is 0 Å². The van der Waals surface area contributed by atoms with E-state index in [4.69, 9.17) is 0 Å². The molecule has 0 bridgehead atoms. The minimum atomic E-state index is 0. The summed E-state index contributed by atoms with van der Waals surface area (Å²) < 4.78 is 4.63. The fourth-order valence-corrected chi connectivity index (χ4v) is 0. The van der Waals surface area contributed by atoms with E-state index < -0.39 is 0 Å². The van der Waals surface area contributed by atoms with Gasteiger partial charge < -0.3 is 0 Å². The van der Waals surface area contributed by atoms with Gasteiger partial charge in [0.1, 0.15) is 0 Å². The second-order valence-corrected chi connectivity index (χ2v) is 1.14. The molecule has 0 saturated carbocycles. The molecule has 0 aliphatic rings. The Morgan fingerprint density at radius 1 is 1.80 bits per heavy atom. The number of halogens is 1. The van der Waals surface area contributed by atoms with Gasteiger partial charge in [-0.1, -0.05) is 0 Å². The molecular formula is C2H6ClOZr. The predicted octanol–water partition coefficient (Wildman–Crippen LogP) is 0.907. The molecule has 0 saturated heterocycles. The van der Waals surface area contributed by atoms with Crippen LogP contribution in [0.15, 0.2) is 0 Å². The van der Waals surface area contributed by atoms with E-state index in [0.29, 0.717) is 0 Å². The summed E-state index contributed by atoms with van der Waals surface area (Å²) in [6, 6.07) is 0. The van der Waals surface area contributed by atoms with E-state index in [9.17, 15) is 0 Å². The van der Waals surface area contributed by atoms with Crippen LogP contribution in [0.4, 0.5) is 0 Å². The van der Waals surface area contributed by atoms with Gasteiger partial charge in [0.15, 0.2) is 0 Å². The fraction of sp³-hybridized carbons (Fsp3) is 1.00. The van der Waals surface area contributed by atoms with Crippen LogP contribution in [0.1, 0.15) is 6.92 Å². The first-order valence-electron chi connectivity index (χ1n) is 1.20. The van der Waals surface area contributed by atoms with Crippen molar-refractivity contribution in [1.82, 2.24) is 0 Å². The van der Waals surface area contributed by atoms with Crippen molar-refractivity contribution in [2.24, 2.45) is 0 Å². The number of rotatable bonds is 1. The minimum Gasteiger partial charge on any atom is -0.147 e. The molecule has 1 nitrogen and oxygen atoms in total. The van der Waals surface area contributed by atoms with Crippen LogP contribution in [0, 0.1) is 0 Å². The second-order valence-electron chi connectivity index (χ2n) is 0.433. The van der Waals surface area contributed by atoms with Gasteiger partial charge in [-0.25, -0.2) is 0 Å². The standard InChI is InChI=1S/C2H5O.ClH.Zr/c1-2-3;;/h2H2,1H3;1H;/q-1;;+1. The molecule has 0 fully saturated rings. The summed E-state index contributed by atoms with van der Waals surface area (Å²) >= 11 is 1.17. The Hall–Kier alpha value is 1.13. The molecule has 31 valence electrons. The molecule has 0 atom stereocenters. The zero-order chi connectivity index (χ0) is 3.41. The molecule has 5 heavy (non-hydrogen) atoms. The molecule has 0 aliphatic carbocycles. The van der Waals surface area contributed by atoms with E-state index in [1.807, 2.05) is 6.92 Å². The van der Waals surface area contributed by atoms with Gasteiger partial charge in [0.05, 0.1) is 0 Å². The van der Waals surface area contributed by atoms with Crippen molar-refractivity contribution in [2.75, 3.05) is 6.61 Å². The summed E-state index contributed by atoms with van der Waals surface area (Å²) in [7, 11) is 0. The number of hydrogen-bond acceptors (Lipinski definition) is 1. The molecule has 0 aliphatic heterocycles. The van der Waals surface area contributed by atoms with Gasteiger partial charge >= 0.3 is 41.5 Å². The van der Waals surface area contributed by atoms with Crippen LogP contribution in [0.25, 0.3) is 0 Å². The Balaban J connectivity index is 0.